The molecule has 0 aliphatic rings. The third-order valence-corrected chi connectivity index (χ3v) is 11.3. The van der Waals surface area contributed by atoms with Crippen LogP contribution in [-0.4, -0.2) is 19.9 Å². The fraction of sp³-hybridized carbons (Fsp3) is 0.148. The summed E-state index contributed by atoms with van der Waals surface area (Å²) in [5.41, 5.74) is 17.5. The summed E-state index contributed by atoms with van der Waals surface area (Å²) in [5, 5.41) is 0. The van der Waals surface area contributed by atoms with Gasteiger partial charge in [0.25, 0.3) is 0 Å². The quantitative estimate of drug-likeness (QED) is 0.167. The van der Waals surface area contributed by atoms with E-state index in [0.29, 0.717) is 11.8 Å². The summed E-state index contributed by atoms with van der Waals surface area (Å²) in [6.45, 7) is 13.6. The van der Waals surface area contributed by atoms with Gasteiger partial charge in [-0.15, -0.1) is 0 Å². The molecule has 6 heteroatoms. The second-order valence-electron chi connectivity index (χ2n) is 17.6. The summed E-state index contributed by atoms with van der Waals surface area (Å²) < 4.78 is 12.0. The lowest BCUT2D eigenvalue weighted by Gasteiger charge is -2.30. The average Bonchev–Trinajstić information content (AvgIpc) is 3.91. The number of oxazole rings is 2. The largest absolute Gasteiger partial charge is 0.436 e. The van der Waals surface area contributed by atoms with Gasteiger partial charge in [-0.2, -0.15) is 0 Å². The molecule has 0 aliphatic heterocycles. The number of para-hydroxylation sites is 4. The van der Waals surface area contributed by atoms with Crippen LogP contribution in [0.3, 0.4) is 0 Å². The minimum Gasteiger partial charge on any atom is -0.436 e. The van der Waals surface area contributed by atoms with Gasteiger partial charge in [0.1, 0.15) is 11.0 Å². The Morgan fingerprint density at radius 1 is 0.317 bits per heavy atom. The zero-order chi connectivity index (χ0) is 41.2. The van der Waals surface area contributed by atoms with E-state index in [1.54, 1.807) is 0 Å². The Hall–Kier alpha value is -7.18. The first-order chi connectivity index (χ1) is 28.9. The SMILES string of the molecule is CC(C)(C)c1cc2nc(-c3ccc(-c4ccc(-c5nc6ccccc6o5)cc4)cc3)c(-c3ccc(-c4ccc(-c5nc6ccccc6o5)cc4)cc3)nc2cc1C(C)(C)C. The smallest absolute Gasteiger partial charge is 0.227 e. The molecule has 3 aromatic heterocycles. The maximum atomic E-state index is 6.02. The molecule has 0 N–H and O–H groups in total. The molecule has 6 nitrogen and oxygen atoms in total. The highest BCUT2D eigenvalue weighted by molar-refractivity contribution is 5.89. The molecule has 0 radical (unpaired) electrons. The van der Waals surface area contributed by atoms with E-state index < -0.39 is 0 Å². The van der Waals surface area contributed by atoms with E-state index in [4.69, 9.17) is 18.8 Å². The maximum Gasteiger partial charge on any atom is 0.227 e. The van der Waals surface area contributed by atoms with E-state index in [1.807, 2.05) is 48.5 Å². The number of nitrogens with zero attached hydrogens (tertiary/aromatic N) is 4. The number of rotatable bonds is 6. The molecule has 292 valence electrons. The minimum atomic E-state index is -0.0639. The van der Waals surface area contributed by atoms with E-state index in [1.165, 1.54) is 11.1 Å². The molecule has 10 rings (SSSR count). The summed E-state index contributed by atoms with van der Waals surface area (Å²) in [4.78, 5) is 20.2. The Morgan fingerprint density at radius 3 is 0.933 bits per heavy atom. The normalized spacial score (nSPS) is 12.2. The van der Waals surface area contributed by atoms with E-state index in [2.05, 4.69) is 161 Å². The molecule has 0 bridgehead atoms. The van der Waals surface area contributed by atoms with Crippen molar-refractivity contribution in [3.05, 3.63) is 169 Å². The number of fused-ring (bicyclic) bond motifs is 3. The van der Waals surface area contributed by atoms with Crippen LogP contribution in [0.1, 0.15) is 52.7 Å². The lowest BCUT2D eigenvalue weighted by atomic mass is 9.75. The van der Waals surface area contributed by atoms with Crippen LogP contribution in [0.2, 0.25) is 0 Å². The van der Waals surface area contributed by atoms with Gasteiger partial charge in [-0.1, -0.05) is 139 Å². The summed E-state index contributed by atoms with van der Waals surface area (Å²) in [5.74, 6) is 1.24. The maximum absolute atomic E-state index is 6.02. The Labute approximate surface area is 349 Å². The third kappa shape index (κ3) is 6.94. The van der Waals surface area contributed by atoms with Crippen molar-refractivity contribution in [1.82, 2.24) is 19.9 Å². The molecule has 0 aliphatic carbocycles. The third-order valence-electron chi connectivity index (χ3n) is 11.3. The molecule has 10 aromatic rings. The lowest BCUT2D eigenvalue weighted by molar-refractivity contribution is 0.531. The Morgan fingerprint density at radius 2 is 0.617 bits per heavy atom. The topological polar surface area (TPSA) is 77.8 Å². The monoisotopic (exact) mass is 780 g/mol. The van der Waals surface area contributed by atoms with Crippen molar-refractivity contribution in [2.75, 3.05) is 0 Å². The van der Waals surface area contributed by atoms with Crippen molar-refractivity contribution in [3.63, 3.8) is 0 Å². The number of aromatic nitrogens is 4. The van der Waals surface area contributed by atoms with Gasteiger partial charge in [-0.25, -0.2) is 19.9 Å². The van der Waals surface area contributed by atoms with E-state index in [-0.39, 0.29) is 10.8 Å². The summed E-state index contributed by atoms with van der Waals surface area (Å²) >= 11 is 0. The Kier molecular flexibility index (Phi) is 8.83. The van der Waals surface area contributed by atoms with Crippen molar-refractivity contribution in [3.8, 4) is 67.7 Å². The molecule has 0 amide bonds. The molecule has 7 aromatic carbocycles. The summed E-state index contributed by atoms with van der Waals surface area (Å²) in [7, 11) is 0. The van der Waals surface area contributed by atoms with Crippen LogP contribution in [0.5, 0.6) is 0 Å². The van der Waals surface area contributed by atoms with Crippen LogP contribution >= 0.6 is 0 Å². The number of benzene rings is 7. The number of hydrogen-bond donors (Lipinski definition) is 0. The van der Waals surface area contributed by atoms with Crippen molar-refractivity contribution in [2.45, 2.75) is 52.4 Å². The fourth-order valence-corrected chi connectivity index (χ4v) is 7.99. The Bertz CT molecular complexity index is 2900. The molecule has 0 saturated carbocycles. The molecule has 0 saturated heterocycles. The van der Waals surface area contributed by atoms with Crippen LogP contribution < -0.4 is 0 Å². The Balaban J connectivity index is 1.01. The molecular formula is C54H44N4O2. The predicted octanol–water partition coefficient (Wildman–Crippen LogP) is 14.5. The van der Waals surface area contributed by atoms with Crippen molar-refractivity contribution >= 4 is 33.2 Å². The highest BCUT2D eigenvalue weighted by Gasteiger charge is 2.27. The van der Waals surface area contributed by atoms with E-state index >= 15 is 0 Å². The van der Waals surface area contributed by atoms with Gasteiger partial charge in [0, 0.05) is 22.3 Å². The van der Waals surface area contributed by atoms with Crippen molar-refractivity contribution < 1.29 is 8.83 Å². The van der Waals surface area contributed by atoms with Crippen LogP contribution in [0.15, 0.2) is 167 Å². The molecule has 0 atom stereocenters. The molecule has 60 heavy (non-hydrogen) atoms. The second kappa shape index (κ2) is 14.3. The molecule has 0 fully saturated rings. The van der Waals surface area contributed by atoms with Crippen LogP contribution in [0, 0.1) is 0 Å². The first-order valence-corrected chi connectivity index (χ1v) is 20.5. The molecule has 0 spiro atoms. The lowest BCUT2D eigenvalue weighted by Crippen LogP contribution is -2.22. The first kappa shape index (κ1) is 37.1. The zero-order valence-corrected chi connectivity index (χ0v) is 34.6. The number of hydrogen-bond acceptors (Lipinski definition) is 6. The standard InChI is InChI=1S/C54H44N4O2/c1-53(2,3)41-31-45-46(32-42(41)54(4,5)6)56-50(38-25-17-34(18-26-38)36-21-29-40(30-22-36)52-58-44-12-8-10-14-48(44)60-52)49(55-45)37-23-15-33(16-24-37)35-19-27-39(28-20-35)51-57-43-11-7-9-13-47(43)59-51/h7-32H,1-6H3. The molecule has 0 unspecified atom stereocenters. The van der Waals surface area contributed by atoms with Crippen molar-refractivity contribution in [2.24, 2.45) is 0 Å². The van der Waals surface area contributed by atoms with Gasteiger partial charge in [-0.3, -0.25) is 0 Å². The second-order valence-corrected chi connectivity index (χ2v) is 17.6. The van der Waals surface area contributed by atoms with Crippen molar-refractivity contribution in [1.29, 1.82) is 0 Å². The van der Waals surface area contributed by atoms with E-state index in [0.717, 1.165) is 89.1 Å². The first-order valence-electron chi connectivity index (χ1n) is 20.5. The van der Waals surface area contributed by atoms with Gasteiger partial charge in [0.15, 0.2) is 11.2 Å². The fourth-order valence-electron chi connectivity index (χ4n) is 7.99. The summed E-state index contributed by atoms with van der Waals surface area (Å²) in [6.07, 6.45) is 0. The minimum absolute atomic E-state index is 0.0639. The molecular weight excluding hydrogens is 737 g/mol. The van der Waals surface area contributed by atoms with Gasteiger partial charge in [0.2, 0.25) is 11.8 Å². The highest BCUT2D eigenvalue weighted by Crippen LogP contribution is 2.39. The van der Waals surface area contributed by atoms with Crippen LogP contribution in [-0.2, 0) is 10.8 Å². The van der Waals surface area contributed by atoms with Gasteiger partial charge in [-0.05, 0) is 105 Å². The summed E-state index contributed by atoms with van der Waals surface area (Å²) in [6, 6.07) is 54.2. The van der Waals surface area contributed by atoms with Crippen LogP contribution in [0.4, 0.5) is 0 Å². The molecule has 3 heterocycles. The predicted molar refractivity (Wildman–Crippen MR) is 245 cm³/mol. The van der Waals surface area contributed by atoms with Crippen LogP contribution in [0.25, 0.3) is 101 Å². The van der Waals surface area contributed by atoms with Gasteiger partial charge in [0.05, 0.1) is 22.4 Å². The van der Waals surface area contributed by atoms with Gasteiger partial charge < -0.3 is 8.83 Å². The van der Waals surface area contributed by atoms with Gasteiger partial charge >= 0.3 is 0 Å². The highest BCUT2D eigenvalue weighted by atomic mass is 16.4. The zero-order valence-electron chi connectivity index (χ0n) is 34.6. The van der Waals surface area contributed by atoms with E-state index in [9.17, 15) is 0 Å². The average molecular weight is 781 g/mol.